The van der Waals surface area contributed by atoms with Crippen molar-refractivity contribution in [2.24, 2.45) is 0 Å². The molecule has 16 heavy (non-hydrogen) atoms. The molecule has 0 saturated heterocycles. The third kappa shape index (κ3) is 4.83. The Morgan fingerprint density at radius 1 is 1.50 bits per heavy atom. The van der Waals surface area contributed by atoms with Gasteiger partial charge in [-0.15, -0.1) is 10.2 Å². The van der Waals surface area contributed by atoms with Crippen molar-refractivity contribution in [2.75, 3.05) is 13.2 Å². The first-order valence-corrected chi connectivity index (χ1v) is 5.33. The molecule has 0 aliphatic heterocycles. The van der Waals surface area contributed by atoms with Gasteiger partial charge < -0.3 is 10.1 Å². The quantitative estimate of drug-likeness (QED) is 0.646. The number of tetrazole rings is 1. The smallest absolute Gasteiger partial charge is 0.292 e. The van der Waals surface area contributed by atoms with Crippen molar-refractivity contribution in [2.45, 2.75) is 32.8 Å². The average Bonchev–Trinajstić information content (AvgIpc) is 2.75. The molecule has 0 spiro atoms. The minimum Gasteiger partial charge on any atom is -0.379 e. The summed E-state index contributed by atoms with van der Waals surface area (Å²) in [6, 6.07) is 0. The van der Waals surface area contributed by atoms with E-state index in [4.69, 9.17) is 4.74 Å². The molecule has 2 N–H and O–H groups in total. The molecule has 0 bridgehead atoms. The highest BCUT2D eigenvalue weighted by atomic mass is 16.5. The Morgan fingerprint density at radius 2 is 2.31 bits per heavy atom. The number of hydrogen-bond donors (Lipinski definition) is 2. The molecule has 0 aromatic carbocycles. The molecule has 1 heterocycles. The number of carbonyl (C=O) groups excluding carboxylic acids is 1. The predicted octanol–water partition coefficient (Wildman–Crippen LogP) is 0.135. The van der Waals surface area contributed by atoms with Crippen molar-refractivity contribution in [3.63, 3.8) is 0 Å². The highest BCUT2D eigenvalue weighted by Crippen LogP contribution is 1.93. The van der Waals surface area contributed by atoms with E-state index in [0.717, 1.165) is 19.4 Å². The summed E-state index contributed by atoms with van der Waals surface area (Å²) < 4.78 is 5.37. The van der Waals surface area contributed by atoms with E-state index in [2.05, 4.69) is 25.9 Å². The number of nitrogens with zero attached hydrogens (tertiary/aromatic N) is 3. The Bertz CT molecular complexity index is 299. The molecule has 0 atom stereocenters. The zero-order valence-corrected chi connectivity index (χ0v) is 9.56. The minimum absolute atomic E-state index is 0.0680. The lowest BCUT2D eigenvalue weighted by Gasteiger charge is -2.07. The van der Waals surface area contributed by atoms with E-state index in [-0.39, 0.29) is 17.8 Å². The predicted molar refractivity (Wildman–Crippen MR) is 56.8 cm³/mol. The highest BCUT2D eigenvalue weighted by Gasteiger charge is 2.08. The van der Waals surface area contributed by atoms with Gasteiger partial charge in [0.15, 0.2) is 0 Å². The highest BCUT2D eigenvalue weighted by molar-refractivity contribution is 5.89. The number of amides is 1. The van der Waals surface area contributed by atoms with Crippen LogP contribution in [0, 0.1) is 0 Å². The standard InChI is InChI=1S/C9H17N5O2/c1-7(2)16-6-4-3-5-10-9(15)8-11-13-14-12-8/h7H,3-6H2,1-2H3,(H,10,15)(H,11,12,13,14). The van der Waals surface area contributed by atoms with Crippen LogP contribution in [0.25, 0.3) is 0 Å². The topological polar surface area (TPSA) is 92.8 Å². The van der Waals surface area contributed by atoms with Crippen molar-refractivity contribution >= 4 is 5.91 Å². The number of rotatable bonds is 7. The number of carbonyl (C=O) groups is 1. The fourth-order valence-electron chi connectivity index (χ4n) is 1.09. The lowest BCUT2D eigenvalue weighted by atomic mass is 10.3. The third-order valence-electron chi connectivity index (χ3n) is 1.86. The van der Waals surface area contributed by atoms with Crippen molar-refractivity contribution in [3.05, 3.63) is 5.82 Å². The largest absolute Gasteiger partial charge is 0.379 e. The second-order valence-corrected chi connectivity index (χ2v) is 3.62. The minimum atomic E-state index is -0.307. The van der Waals surface area contributed by atoms with Crippen LogP contribution in [0.3, 0.4) is 0 Å². The molecule has 1 rings (SSSR count). The van der Waals surface area contributed by atoms with Crippen molar-refractivity contribution in [3.8, 4) is 0 Å². The maximum Gasteiger partial charge on any atom is 0.292 e. The Morgan fingerprint density at radius 3 is 2.94 bits per heavy atom. The van der Waals surface area contributed by atoms with Crippen LogP contribution in [-0.2, 0) is 4.74 Å². The van der Waals surface area contributed by atoms with Gasteiger partial charge in [-0.25, -0.2) is 0 Å². The molecule has 1 aromatic rings. The fraction of sp³-hybridized carbons (Fsp3) is 0.778. The molecular weight excluding hydrogens is 210 g/mol. The Balaban J connectivity index is 2.01. The van der Waals surface area contributed by atoms with Crippen LogP contribution < -0.4 is 5.32 Å². The summed E-state index contributed by atoms with van der Waals surface area (Å²) >= 11 is 0. The van der Waals surface area contributed by atoms with Gasteiger partial charge in [0.1, 0.15) is 0 Å². The van der Waals surface area contributed by atoms with Crippen LogP contribution >= 0.6 is 0 Å². The molecule has 90 valence electrons. The molecule has 0 aliphatic rings. The van der Waals surface area contributed by atoms with Crippen LogP contribution in [0.15, 0.2) is 0 Å². The summed E-state index contributed by atoms with van der Waals surface area (Å²) in [6.07, 6.45) is 2.05. The van der Waals surface area contributed by atoms with Gasteiger partial charge in [0.25, 0.3) is 11.7 Å². The monoisotopic (exact) mass is 227 g/mol. The van der Waals surface area contributed by atoms with Crippen molar-refractivity contribution in [1.82, 2.24) is 25.9 Å². The van der Waals surface area contributed by atoms with Crippen LogP contribution in [0.1, 0.15) is 37.3 Å². The normalized spacial score (nSPS) is 10.7. The van der Waals surface area contributed by atoms with E-state index in [9.17, 15) is 4.79 Å². The van der Waals surface area contributed by atoms with E-state index in [1.54, 1.807) is 0 Å². The van der Waals surface area contributed by atoms with Gasteiger partial charge in [0, 0.05) is 13.2 Å². The van der Waals surface area contributed by atoms with Gasteiger partial charge in [0.2, 0.25) is 0 Å². The molecule has 0 radical (unpaired) electrons. The van der Waals surface area contributed by atoms with E-state index < -0.39 is 0 Å². The first-order valence-electron chi connectivity index (χ1n) is 5.33. The lowest BCUT2D eigenvalue weighted by Crippen LogP contribution is -2.25. The van der Waals surface area contributed by atoms with E-state index in [0.29, 0.717) is 6.54 Å². The van der Waals surface area contributed by atoms with Gasteiger partial charge >= 0.3 is 0 Å². The fourth-order valence-corrected chi connectivity index (χ4v) is 1.09. The van der Waals surface area contributed by atoms with Crippen LogP contribution in [0.2, 0.25) is 0 Å². The molecule has 0 fully saturated rings. The molecule has 1 aromatic heterocycles. The molecule has 7 nitrogen and oxygen atoms in total. The van der Waals surface area contributed by atoms with Gasteiger partial charge in [-0.1, -0.05) is 0 Å². The second-order valence-electron chi connectivity index (χ2n) is 3.62. The van der Waals surface area contributed by atoms with E-state index in [1.165, 1.54) is 0 Å². The molecule has 0 saturated carbocycles. The third-order valence-corrected chi connectivity index (χ3v) is 1.86. The maximum atomic E-state index is 11.3. The van der Waals surface area contributed by atoms with Gasteiger partial charge in [-0.2, -0.15) is 5.21 Å². The van der Waals surface area contributed by atoms with E-state index in [1.807, 2.05) is 13.8 Å². The summed E-state index contributed by atoms with van der Waals surface area (Å²) in [5.41, 5.74) is 0. The summed E-state index contributed by atoms with van der Waals surface area (Å²) in [7, 11) is 0. The second kappa shape index (κ2) is 6.89. The van der Waals surface area contributed by atoms with Gasteiger partial charge in [0.05, 0.1) is 6.10 Å². The Kier molecular flexibility index (Phi) is 5.41. The van der Waals surface area contributed by atoms with Crippen LogP contribution in [-0.4, -0.2) is 45.8 Å². The van der Waals surface area contributed by atoms with Crippen molar-refractivity contribution < 1.29 is 9.53 Å². The zero-order chi connectivity index (χ0) is 11.8. The van der Waals surface area contributed by atoms with Crippen LogP contribution in [0.4, 0.5) is 0 Å². The number of unbranched alkanes of at least 4 members (excludes halogenated alkanes) is 1. The summed E-state index contributed by atoms with van der Waals surface area (Å²) in [5.74, 6) is -0.239. The molecular formula is C9H17N5O2. The molecule has 7 heteroatoms. The van der Waals surface area contributed by atoms with E-state index >= 15 is 0 Å². The van der Waals surface area contributed by atoms with Crippen molar-refractivity contribution in [1.29, 1.82) is 0 Å². The Hall–Kier alpha value is -1.50. The first kappa shape index (κ1) is 12.6. The molecule has 0 aliphatic carbocycles. The van der Waals surface area contributed by atoms with Gasteiger partial charge in [-0.05, 0) is 31.9 Å². The summed E-state index contributed by atoms with van der Waals surface area (Å²) in [5, 5.41) is 15.4. The SMILES string of the molecule is CC(C)OCCCCNC(=O)c1nn[nH]n1. The maximum absolute atomic E-state index is 11.3. The lowest BCUT2D eigenvalue weighted by molar-refractivity contribution is 0.0754. The number of H-pyrrole nitrogens is 1. The Labute approximate surface area is 93.9 Å². The number of ether oxygens (including phenoxy) is 1. The summed E-state index contributed by atoms with van der Waals surface area (Å²) in [4.78, 5) is 11.3. The van der Waals surface area contributed by atoms with Crippen LogP contribution in [0.5, 0.6) is 0 Å². The number of nitrogens with one attached hydrogen (secondary N) is 2. The molecule has 1 amide bonds. The number of hydrogen-bond acceptors (Lipinski definition) is 5. The number of aromatic amines is 1. The molecule has 0 unspecified atom stereocenters. The summed E-state index contributed by atoms with van der Waals surface area (Å²) in [6.45, 7) is 5.31. The zero-order valence-electron chi connectivity index (χ0n) is 9.56. The first-order chi connectivity index (χ1) is 7.70. The number of aromatic nitrogens is 4. The average molecular weight is 227 g/mol. The van der Waals surface area contributed by atoms with Gasteiger partial charge in [-0.3, -0.25) is 4.79 Å².